The summed E-state index contributed by atoms with van der Waals surface area (Å²) >= 11 is 20.0. The topological polar surface area (TPSA) is 93.1 Å². The molecule has 0 aliphatic rings. The molecule has 0 spiro atoms. The van der Waals surface area contributed by atoms with E-state index in [-0.39, 0.29) is 45.9 Å². The van der Waals surface area contributed by atoms with Crippen LogP contribution in [0.25, 0.3) is 0 Å². The molecule has 2 rings (SSSR count). The highest BCUT2D eigenvalue weighted by molar-refractivity contribution is 9.11. The van der Waals surface area contributed by atoms with Crippen LogP contribution in [0.1, 0.15) is 0 Å². The van der Waals surface area contributed by atoms with Gasteiger partial charge in [-0.1, -0.05) is 31.9 Å². The standard InChI is InChI=1S/C18H16Br6O6S/c19-9(5-25)7-29-17-13(21)1-11(2-14(17)22)31(27,28)12-3-15(23)18(16(24)4-12)30-8-10(20)6-26/h1-4,9-10,25-26H,5-8H2. The molecule has 0 fully saturated rings. The molecular weight excluding hydrogens is 824 g/mol. The minimum Gasteiger partial charge on any atom is -0.490 e. The number of hydrogen-bond acceptors (Lipinski definition) is 6. The van der Waals surface area contributed by atoms with Gasteiger partial charge in [-0.25, -0.2) is 8.42 Å². The monoisotopic (exact) mass is 834 g/mol. The van der Waals surface area contributed by atoms with E-state index in [1.54, 1.807) is 0 Å². The van der Waals surface area contributed by atoms with E-state index in [2.05, 4.69) is 95.6 Å². The Hall–Kier alpha value is 0.790. The molecule has 0 aromatic heterocycles. The molecule has 31 heavy (non-hydrogen) atoms. The van der Waals surface area contributed by atoms with Crippen LogP contribution in [0.15, 0.2) is 51.9 Å². The fourth-order valence-electron chi connectivity index (χ4n) is 2.25. The van der Waals surface area contributed by atoms with Crippen molar-refractivity contribution in [1.29, 1.82) is 0 Å². The molecule has 0 amide bonds. The zero-order valence-electron chi connectivity index (χ0n) is 15.5. The fraction of sp³-hybridized carbons (Fsp3) is 0.333. The van der Waals surface area contributed by atoms with Crippen LogP contribution < -0.4 is 9.47 Å². The molecule has 0 aliphatic heterocycles. The first-order chi connectivity index (χ1) is 14.5. The summed E-state index contributed by atoms with van der Waals surface area (Å²) in [5.41, 5.74) is 0. The predicted molar refractivity (Wildman–Crippen MR) is 140 cm³/mol. The van der Waals surface area contributed by atoms with Gasteiger partial charge in [0.1, 0.15) is 24.7 Å². The first-order valence-corrected chi connectivity index (χ1v) is 15.0. The lowest BCUT2D eigenvalue weighted by molar-refractivity contribution is 0.241. The zero-order chi connectivity index (χ0) is 23.3. The Morgan fingerprint density at radius 2 is 1.00 bits per heavy atom. The second-order valence-corrected chi connectivity index (χ2v) is 14.1. The normalized spacial score (nSPS) is 13.7. The molecule has 2 atom stereocenters. The molecule has 6 nitrogen and oxygen atoms in total. The Morgan fingerprint density at radius 1 is 0.710 bits per heavy atom. The highest BCUT2D eigenvalue weighted by Crippen LogP contribution is 2.41. The molecule has 172 valence electrons. The maximum absolute atomic E-state index is 13.2. The van der Waals surface area contributed by atoms with Gasteiger partial charge in [-0.2, -0.15) is 0 Å². The summed E-state index contributed by atoms with van der Waals surface area (Å²) < 4.78 is 39.6. The Kier molecular flexibility index (Phi) is 11.3. The molecule has 0 heterocycles. The van der Waals surface area contributed by atoms with Crippen LogP contribution in [-0.2, 0) is 9.84 Å². The molecule has 0 saturated carbocycles. The van der Waals surface area contributed by atoms with Crippen molar-refractivity contribution in [3.05, 3.63) is 42.2 Å². The molecule has 0 aliphatic carbocycles. The first kappa shape index (κ1) is 28.0. The molecule has 0 bridgehead atoms. The van der Waals surface area contributed by atoms with Crippen LogP contribution in [0.4, 0.5) is 0 Å². The summed E-state index contributed by atoms with van der Waals surface area (Å²) in [4.78, 5) is -0.376. The van der Waals surface area contributed by atoms with Crippen LogP contribution in [0.3, 0.4) is 0 Å². The number of rotatable bonds is 10. The van der Waals surface area contributed by atoms with Gasteiger partial charge in [-0.15, -0.1) is 0 Å². The number of ether oxygens (including phenoxy) is 2. The lowest BCUT2D eigenvalue weighted by atomic mass is 10.3. The van der Waals surface area contributed by atoms with Crippen molar-refractivity contribution in [3.8, 4) is 11.5 Å². The number of hydrogen-bond donors (Lipinski definition) is 2. The fourth-order valence-corrected chi connectivity index (χ4v) is 7.31. The highest BCUT2D eigenvalue weighted by atomic mass is 79.9. The number of halogens is 6. The summed E-state index contributed by atoms with van der Waals surface area (Å²) in [5, 5.41) is 18.2. The average molecular weight is 840 g/mol. The lowest BCUT2D eigenvalue weighted by Gasteiger charge is -2.16. The van der Waals surface area contributed by atoms with Gasteiger partial charge in [-0.05, 0) is 88.0 Å². The van der Waals surface area contributed by atoms with Crippen LogP contribution in [0.2, 0.25) is 0 Å². The smallest absolute Gasteiger partial charge is 0.206 e. The molecule has 2 aromatic rings. The summed E-state index contributed by atoms with van der Waals surface area (Å²) in [6.45, 7) is 0.211. The van der Waals surface area contributed by atoms with Crippen molar-refractivity contribution in [1.82, 2.24) is 0 Å². The van der Waals surface area contributed by atoms with E-state index < -0.39 is 9.84 Å². The number of benzene rings is 2. The number of alkyl halides is 2. The Bertz CT molecular complexity index is 911. The lowest BCUT2D eigenvalue weighted by Crippen LogP contribution is -2.16. The predicted octanol–water partition coefficient (Wildman–Crippen LogP) is 5.84. The molecule has 13 heteroatoms. The SMILES string of the molecule is O=S(=O)(c1cc(Br)c(OCC(Br)CO)c(Br)c1)c1cc(Br)c(OCC(Br)CO)c(Br)c1. The van der Waals surface area contributed by atoms with E-state index in [1.165, 1.54) is 24.3 Å². The summed E-state index contributed by atoms with van der Waals surface area (Å²) in [6, 6.07) is 5.84. The maximum atomic E-state index is 13.2. The summed E-state index contributed by atoms with van der Waals surface area (Å²) in [6.07, 6.45) is 0. The third-order valence-electron chi connectivity index (χ3n) is 3.78. The second-order valence-electron chi connectivity index (χ2n) is 6.12. The van der Waals surface area contributed by atoms with E-state index in [9.17, 15) is 8.42 Å². The third-order valence-corrected chi connectivity index (χ3v) is 8.95. The van der Waals surface area contributed by atoms with E-state index in [0.29, 0.717) is 29.4 Å². The van der Waals surface area contributed by atoms with E-state index >= 15 is 0 Å². The summed E-state index contributed by atoms with van der Waals surface area (Å²) in [5.74, 6) is 0.854. The van der Waals surface area contributed by atoms with Crippen molar-refractivity contribution in [2.45, 2.75) is 19.4 Å². The summed E-state index contributed by atoms with van der Waals surface area (Å²) in [7, 11) is -3.86. The van der Waals surface area contributed by atoms with Gasteiger partial charge in [0.05, 0.1) is 50.5 Å². The van der Waals surface area contributed by atoms with Gasteiger partial charge < -0.3 is 19.7 Å². The van der Waals surface area contributed by atoms with Gasteiger partial charge >= 0.3 is 0 Å². The van der Waals surface area contributed by atoms with Gasteiger partial charge in [0.15, 0.2) is 0 Å². The van der Waals surface area contributed by atoms with Gasteiger partial charge in [0.25, 0.3) is 0 Å². The third kappa shape index (κ3) is 7.38. The second kappa shape index (κ2) is 12.5. The quantitative estimate of drug-likeness (QED) is 0.293. The van der Waals surface area contributed by atoms with Crippen LogP contribution >= 0.6 is 95.6 Å². The number of sulfone groups is 1. The van der Waals surface area contributed by atoms with Gasteiger partial charge in [-0.3, -0.25) is 0 Å². The van der Waals surface area contributed by atoms with E-state index in [1.807, 2.05) is 0 Å². The van der Waals surface area contributed by atoms with Gasteiger partial charge in [0, 0.05) is 0 Å². The van der Waals surface area contributed by atoms with Crippen molar-refractivity contribution in [2.24, 2.45) is 0 Å². The molecule has 2 N–H and O–H groups in total. The molecule has 0 radical (unpaired) electrons. The highest BCUT2D eigenvalue weighted by Gasteiger charge is 2.24. The van der Waals surface area contributed by atoms with Crippen LogP contribution in [-0.4, -0.2) is 54.7 Å². The number of aliphatic hydroxyl groups excluding tert-OH is 2. The molecular formula is C18H16Br6O6S. The average Bonchev–Trinajstić information content (AvgIpc) is 2.71. The zero-order valence-corrected chi connectivity index (χ0v) is 25.8. The first-order valence-electron chi connectivity index (χ1n) is 8.49. The van der Waals surface area contributed by atoms with Crippen LogP contribution in [0, 0.1) is 0 Å². The number of aliphatic hydroxyl groups is 2. The van der Waals surface area contributed by atoms with E-state index in [4.69, 9.17) is 19.7 Å². The molecule has 2 aromatic carbocycles. The van der Waals surface area contributed by atoms with Gasteiger partial charge in [0.2, 0.25) is 9.84 Å². The minimum atomic E-state index is -3.86. The molecule has 2 unspecified atom stereocenters. The largest absolute Gasteiger partial charge is 0.490 e. The van der Waals surface area contributed by atoms with Crippen molar-refractivity contribution < 1.29 is 28.1 Å². The van der Waals surface area contributed by atoms with Crippen molar-refractivity contribution >= 4 is 105 Å². The minimum absolute atomic E-state index is 0.0596. The Labute approximate surface area is 230 Å². The maximum Gasteiger partial charge on any atom is 0.206 e. The van der Waals surface area contributed by atoms with Crippen molar-refractivity contribution in [2.75, 3.05) is 26.4 Å². The van der Waals surface area contributed by atoms with Crippen LogP contribution in [0.5, 0.6) is 11.5 Å². The van der Waals surface area contributed by atoms with Crippen molar-refractivity contribution in [3.63, 3.8) is 0 Å². The Balaban J connectivity index is 2.37. The Morgan fingerprint density at radius 3 is 1.26 bits per heavy atom. The molecule has 0 saturated heterocycles. The van der Waals surface area contributed by atoms with E-state index in [0.717, 1.165) is 0 Å².